The summed E-state index contributed by atoms with van der Waals surface area (Å²) in [5, 5.41) is 4.06. The van der Waals surface area contributed by atoms with Gasteiger partial charge in [0.2, 0.25) is 5.89 Å². The number of hydrogen-bond donors (Lipinski definition) is 0. The molecule has 0 bridgehead atoms. The van der Waals surface area contributed by atoms with E-state index in [0.717, 1.165) is 77.0 Å². The van der Waals surface area contributed by atoms with E-state index >= 15 is 0 Å². The molecular weight excluding hydrogens is 246 g/mol. The predicted octanol–water partition coefficient (Wildman–Crippen LogP) is 0.838. The summed E-state index contributed by atoms with van der Waals surface area (Å²) >= 11 is 0. The van der Waals surface area contributed by atoms with Crippen molar-refractivity contribution >= 4 is 0 Å². The van der Waals surface area contributed by atoms with Crippen molar-refractivity contribution in [2.75, 3.05) is 46.1 Å². The zero-order valence-electron chi connectivity index (χ0n) is 11.2. The van der Waals surface area contributed by atoms with Gasteiger partial charge in [0.1, 0.15) is 0 Å². The van der Waals surface area contributed by atoms with Crippen LogP contribution in [0, 0.1) is 0 Å². The summed E-state index contributed by atoms with van der Waals surface area (Å²) in [6, 6.07) is 0. The van der Waals surface area contributed by atoms with Crippen LogP contribution in [0.1, 0.15) is 30.5 Å². The summed E-state index contributed by atoms with van der Waals surface area (Å²) in [6.45, 7) is 6.40. The third-order valence-electron chi connectivity index (χ3n) is 3.75. The first kappa shape index (κ1) is 13.0. The summed E-state index contributed by atoms with van der Waals surface area (Å²) in [7, 11) is 0. The number of aromatic nitrogens is 2. The highest BCUT2D eigenvalue weighted by molar-refractivity contribution is 4.97. The Morgan fingerprint density at radius 2 is 2.05 bits per heavy atom. The Balaban J connectivity index is 1.42. The van der Waals surface area contributed by atoms with E-state index in [9.17, 15) is 0 Å². The number of rotatable bonds is 5. The Bertz CT molecular complexity index is 384. The molecule has 0 spiro atoms. The third kappa shape index (κ3) is 3.52. The Morgan fingerprint density at radius 3 is 2.84 bits per heavy atom. The molecule has 2 fully saturated rings. The van der Waals surface area contributed by atoms with Gasteiger partial charge in [-0.05, 0) is 19.4 Å². The molecule has 106 valence electrons. The normalized spacial score (nSPS) is 24.9. The summed E-state index contributed by atoms with van der Waals surface area (Å²) in [5.41, 5.74) is 0. The maximum Gasteiger partial charge on any atom is 0.226 e. The molecule has 0 radical (unpaired) electrons. The molecular formula is C13H21N3O3. The summed E-state index contributed by atoms with van der Waals surface area (Å²) in [5.74, 6) is 1.91. The third-order valence-corrected chi connectivity index (χ3v) is 3.75. The monoisotopic (exact) mass is 267 g/mol. The number of ether oxygens (including phenoxy) is 2. The molecule has 3 rings (SSSR count). The standard InChI is InChI=1S/C13H21N3O3/c1(4-16-5-8-17-9-6-16)2-12-14-13(15-19-12)11-3-7-18-10-11/h11H,1-10H2. The summed E-state index contributed by atoms with van der Waals surface area (Å²) in [4.78, 5) is 6.90. The van der Waals surface area contributed by atoms with Crippen LogP contribution < -0.4 is 0 Å². The second-order valence-corrected chi connectivity index (χ2v) is 5.16. The topological polar surface area (TPSA) is 60.6 Å². The van der Waals surface area contributed by atoms with E-state index in [2.05, 4.69) is 15.0 Å². The molecule has 2 aliphatic rings. The molecule has 0 amide bonds. The molecule has 2 saturated heterocycles. The lowest BCUT2D eigenvalue weighted by Gasteiger charge is -2.26. The van der Waals surface area contributed by atoms with Crippen LogP contribution in [0.25, 0.3) is 0 Å². The average molecular weight is 267 g/mol. The maximum atomic E-state index is 5.34. The Hall–Kier alpha value is -0.980. The first-order valence-electron chi connectivity index (χ1n) is 7.12. The van der Waals surface area contributed by atoms with Crippen LogP contribution in [0.2, 0.25) is 0 Å². The molecule has 1 atom stereocenters. The Kier molecular flexibility index (Phi) is 4.42. The van der Waals surface area contributed by atoms with Gasteiger partial charge >= 0.3 is 0 Å². The molecule has 0 saturated carbocycles. The minimum Gasteiger partial charge on any atom is -0.381 e. The fourth-order valence-electron chi connectivity index (χ4n) is 2.55. The van der Waals surface area contributed by atoms with E-state index in [1.54, 1.807) is 0 Å². The van der Waals surface area contributed by atoms with Crippen LogP contribution in [-0.4, -0.2) is 61.1 Å². The van der Waals surface area contributed by atoms with Gasteiger partial charge in [0.05, 0.1) is 19.8 Å². The highest BCUT2D eigenvalue weighted by atomic mass is 16.5. The van der Waals surface area contributed by atoms with Gasteiger partial charge in [-0.3, -0.25) is 4.90 Å². The molecule has 0 aromatic carbocycles. The van der Waals surface area contributed by atoms with Crippen LogP contribution in [-0.2, 0) is 15.9 Å². The number of aryl methyl sites for hydroxylation is 1. The highest BCUT2D eigenvalue weighted by Gasteiger charge is 2.23. The SMILES string of the molecule is C(Cc1nc(C2CCOC2)no1)CN1CCOCC1. The zero-order valence-corrected chi connectivity index (χ0v) is 11.2. The van der Waals surface area contributed by atoms with E-state index in [4.69, 9.17) is 14.0 Å². The van der Waals surface area contributed by atoms with E-state index in [-0.39, 0.29) is 0 Å². The Morgan fingerprint density at radius 1 is 1.16 bits per heavy atom. The van der Waals surface area contributed by atoms with Gasteiger partial charge in [-0.1, -0.05) is 5.16 Å². The van der Waals surface area contributed by atoms with E-state index < -0.39 is 0 Å². The van der Waals surface area contributed by atoms with Gasteiger partial charge in [-0.25, -0.2) is 0 Å². The first-order valence-corrected chi connectivity index (χ1v) is 7.12. The lowest BCUT2D eigenvalue weighted by atomic mass is 10.1. The van der Waals surface area contributed by atoms with Crippen molar-refractivity contribution in [3.8, 4) is 0 Å². The highest BCUT2D eigenvalue weighted by Crippen LogP contribution is 2.22. The van der Waals surface area contributed by atoms with E-state index in [1.165, 1.54) is 0 Å². The molecule has 2 aliphatic heterocycles. The quantitative estimate of drug-likeness (QED) is 0.788. The van der Waals surface area contributed by atoms with Gasteiger partial charge in [0.25, 0.3) is 0 Å². The molecule has 1 aromatic heterocycles. The maximum absolute atomic E-state index is 5.34. The summed E-state index contributed by atoms with van der Waals surface area (Å²) < 4.78 is 16.0. The van der Waals surface area contributed by atoms with Crippen molar-refractivity contribution in [2.24, 2.45) is 0 Å². The lowest BCUT2D eigenvalue weighted by molar-refractivity contribution is 0.0372. The van der Waals surface area contributed by atoms with Crippen LogP contribution in [0.4, 0.5) is 0 Å². The number of nitrogens with zero attached hydrogens (tertiary/aromatic N) is 3. The van der Waals surface area contributed by atoms with Crippen LogP contribution >= 0.6 is 0 Å². The van der Waals surface area contributed by atoms with Crippen LogP contribution in [0.3, 0.4) is 0 Å². The molecule has 1 aromatic rings. The van der Waals surface area contributed by atoms with Gasteiger partial charge in [0.15, 0.2) is 5.82 Å². The van der Waals surface area contributed by atoms with Gasteiger partial charge in [-0.15, -0.1) is 0 Å². The fourth-order valence-corrected chi connectivity index (χ4v) is 2.55. The largest absolute Gasteiger partial charge is 0.381 e. The van der Waals surface area contributed by atoms with Crippen LogP contribution in [0.15, 0.2) is 4.52 Å². The van der Waals surface area contributed by atoms with Crippen molar-refractivity contribution in [3.63, 3.8) is 0 Å². The minimum atomic E-state index is 0.330. The van der Waals surface area contributed by atoms with Crippen molar-refractivity contribution in [1.29, 1.82) is 0 Å². The number of hydrogen-bond acceptors (Lipinski definition) is 6. The molecule has 0 N–H and O–H groups in total. The lowest BCUT2D eigenvalue weighted by Crippen LogP contribution is -2.36. The molecule has 19 heavy (non-hydrogen) atoms. The van der Waals surface area contributed by atoms with E-state index in [1.807, 2.05) is 0 Å². The molecule has 0 aliphatic carbocycles. The van der Waals surface area contributed by atoms with Crippen molar-refractivity contribution < 1.29 is 14.0 Å². The minimum absolute atomic E-state index is 0.330. The zero-order chi connectivity index (χ0) is 12.9. The molecule has 3 heterocycles. The van der Waals surface area contributed by atoms with Gasteiger partial charge in [0, 0.05) is 32.0 Å². The van der Waals surface area contributed by atoms with Crippen molar-refractivity contribution in [3.05, 3.63) is 11.7 Å². The van der Waals surface area contributed by atoms with Crippen molar-refractivity contribution in [2.45, 2.75) is 25.2 Å². The summed E-state index contributed by atoms with van der Waals surface area (Å²) in [6.07, 6.45) is 2.92. The molecule has 6 nitrogen and oxygen atoms in total. The number of morpholine rings is 1. The predicted molar refractivity (Wildman–Crippen MR) is 68.1 cm³/mol. The first-order chi connectivity index (χ1) is 9.42. The fraction of sp³-hybridized carbons (Fsp3) is 0.846. The van der Waals surface area contributed by atoms with Crippen molar-refractivity contribution in [1.82, 2.24) is 15.0 Å². The second-order valence-electron chi connectivity index (χ2n) is 5.16. The van der Waals surface area contributed by atoms with E-state index in [0.29, 0.717) is 5.92 Å². The van der Waals surface area contributed by atoms with Gasteiger partial charge in [-0.2, -0.15) is 4.98 Å². The average Bonchev–Trinajstić information content (AvgIpc) is 3.10. The Labute approximate surface area is 113 Å². The van der Waals surface area contributed by atoms with Crippen LogP contribution in [0.5, 0.6) is 0 Å². The molecule has 6 heteroatoms. The molecule has 1 unspecified atom stereocenters. The smallest absolute Gasteiger partial charge is 0.226 e. The van der Waals surface area contributed by atoms with Gasteiger partial charge < -0.3 is 14.0 Å². The second kappa shape index (κ2) is 6.45.